The minimum atomic E-state index is 0.630. The van der Waals surface area contributed by atoms with Crippen LogP contribution >= 0.6 is 11.6 Å². The van der Waals surface area contributed by atoms with E-state index in [1.807, 2.05) is 30.3 Å². The lowest BCUT2D eigenvalue weighted by molar-refractivity contribution is 1.33. The van der Waals surface area contributed by atoms with Crippen LogP contribution in [0.5, 0.6) is 0 Å². The van der Waals surface area contributed by atoms with E-state index in [-0.39, 0.29) is 0 Å². The summed E-state index contributed by atoms with van der Waals surface area (Å²) in [4.78, 5) is 4.22. The molecule has 2 aromatic rings. The molecule has 0 aliphatic rings. The quantitative estimate of drug-likeness (QED) is 0.726. The standard InChI is InChI=1S/C11H9ClN2/c12-9-5-8(6-10(13)7-9)11-3-1-2-4-14-11/h1-7H,13H2. The third-order valence-electron chi connectivity index (χ3n) is 1.88. The number of nitrogen functional groups attached to an aromatic ring is 1. The average molecular weight is 205 g/mol. The number of pyridine rings is 1. The van der Waals surface area contributed by atoms with E-state index < -0.39 is 0 Å². The Morgan fingerprint density at radius 3 is 2.64 bits per heavy atom. The Morgan fingerprint density at radius 2 is 2.00 bits per heavy atom. The van der Waals surface area contributed by atoms with E-state index in [0.29, 0.717) is 10.7 Å². The van der Waals surface area contributed by atoms with Crippen LogP contribution in [0.4, 0.5) is 5.69 Å². The number of halogens is 1. The normalized spacial score (nSPS) is 10.1. The summed E-state index contributed by atoms with van der Waals surface area (Å²) in [6, 6.07) is 11.1. The van der Waals surface area contributed by atoms with Crippen molar-refractivity contribution in [1.29, 1.82) is 0 Å². The first-order valence-corrected chi connectivity index (χ1v) is 4.61. The number of aromatic nitrogens is 1. The van der Waals surface area contributed by atoms with Gasteiger partial charge in [-0.2, -0.15) is 0 Å². The third kappa shape index (κ3) is 1.86. The van der Waals surface area contributed by atoms with Crippen LogP contribution in [0.25, 0.3) is 11.3 Å². The van der Waals surface area contributed by atoms with Crippen LogP contribution in [0, 0.1) is 0 Å². The molecule has 70 valence electrons. The topological polar surface area (TPSA) is 38.9 Å². The molecule has 2 rings (SSSR count). The van der Waals surface area contributed by atoms with Gasteiger partial charge in [0.05, 0.1) is 5.69 Å². The molecular weight excluding hydrogens is 196 g/mol. The van der Waals surface area contributed by atoms with Crippen molar-refractivity contribution >= 4 is 17.3 Å². The average Bonchev–Trinajstić information content (AvgIpc) is 2.18. The molecule has 14 heavy (non-hydrogen) atoms. The van der Waals surface area contributed by atoms with Gasteiger partial charge in [-0.25, -0.2) is 0 Å². The maximum atomic E-state index is 5.89. The Morgan fingerprint density at radius 1 is 1.14 bits per heavy atom. The molecule has 2 nitrogen and oxygen atoms in total. The van der Waals surface area contributed by atoms with Crippen LogP contribution in [-0.2, 0) is 0 Å². The summed E-state index contributed by atoms with van der Waals surface area (Å²) in [5.74, 6) is 0. The Kier molecular flexibility index (Phi) is 2.37. The van der Waals surface area contributed by atoms with Crippen LogP contribution in [0.1, 0.15) is 0 Å². The van der Waals surface area contributed by atoms with Crippen molar-refractivity contribution in [2.45, 2.75) is 0 Å². The number of anilines is 1. The molecule has 0 unspecified atom stereocenters. The monoisotopic (exact) mass is 204 g/mol. The molecular formula is C11H9ClN2. The van der Waals surface area contributed by atoms with E-state index in [4.69, 9.17) is 17.3 Å². The molecule has 0 amide bonds. The van der Waals surface area contributed by atoms with Gasteiger partial charge in [0.25, 0.3) is 0 Å². The third-order valence-corrected chi connectivity index (χ3v) is 2.10. The lowest BCUT2D eigenvalue weighted by Crippen LogP contribution is -1.87. The number of rotatable bonds is 1. The molecule has 0 bridgehead atoms. The summed E-state index contributed by atoms with van der Waals surface area (Å²) < 4.78 is 0. The second-order valence-corrected chi connectivity index (χ2v) is 3.42. The van der Waals surface area contributed by atoms with Gasteiger partial charge in [0.15, 0.2) is 0 Å². The number of hydrogen-bond donors (Lipinski definition) is 1. The molecule has 0 spiro atoms. The molecule has 0 atom stereocenters. The molecule has 1 heterocycles. The number of nitrogens with zero attached hydrogens (tertiary/aromatic N) is 1. The van der Waals surface area contributed by atoms with Gasteiger partial charge >= 0.3 is 0 Å². The molecule has 0 aliphatic heterocycles. The van der Waals surface area contributed by atoms with Crippen LogP contribution in [0.2, 0.25) is 5.02 Å². The van der Waals surface area contributed by atoms with Gasteiger partial charge in [-0.15, -0.1) is 0 Å². The zero-order valence-electron chi connectivity index (χ0n) is 7.44. The van der Waals surface area contributed by atoms with E-state index in [1.165, 1.54) is 0 Å². The number of benzene rings is 1. The predicted octanol–water partition coefficient (Wildman–Crippen LogP) is 2.98. The van der Waals surface area contributed by atoms with Crippen molar-refractivity contribution < 1.29 is 0 Å². The number of hydrogen-bond acceptors (Lipinski definition) is 2. The highest BCUT2D eigenvalue weighted by Gasteiger charge is 2.00. The smallest absolute Gasteiger partial charge is 0.0703 e. The fourth-order valence-corrected chi connectivity index (χ4v) is 1.54. The molecule has 1 aromatic heterocycles. The van der Waals surface area contributed by atoms with Crippen molar-refractivity contribution in [3.63, 3.8) is 0 Å². The SMILES string of the molecule is Nc1cc(Cl)cc(-c2ccccn2)c1. The van der Waals surface area contributed by atoms with Gasteiger partial charge in [-0.3, -0.25) is 4.98 Å². The van der Waals surface area contributed by atoms with Crippen LogP contribution in [-0.4, -0.2) is 4.98 Å². The zero-order chi connectivity index (χ0) is 9.97. The van der Waals surface area contributed by atoms with Crippen molar-refractivity contribution in [3.05, 3.63) is 47.6 Å². The zero-order valence-corrected chi connectivity index (χ0v) is 8.20. The highest BCUT2D eigenvalue weighted by molar-refractivity contribution is 6.31. The van der Waals surface area contributed by atoms with E-state index in [1.54, 1.807) is 12.3 Å². The lowest BCUT2D eigenvalue weighted by Gasteiger charge is -2.02. The van der Waals surface area contributed by atoms with Gasteiger partial charge in [-0.1, -0.05) is 17.7 Å². The Hall–Kier alpha value is -1.54. The Balaban J connectivity index is 2.52. The molecule has 1 aromatic carbocycles. The predicted molar refractivity (Wildman–Crippen MR) is 59.1 cm³/mol. The summed E-state index contributed by atoms with van der Waals surface area (Å²) in [6.07, 6.45) is 1.74. The summed E-state index contributed by atoms with van der Waals surface area (Å²) in [5.41, 5.74) is 8.15. The maximum absolute atomic E-state index is 5.89. The van der Waals surface area contributed by atoms with Crippen molar-refractivity contribution in [2.75, 3.05) is 5.73 Å². The van der Waals surface area contributed by atoms with Gasteiger partial charge in [0, 0.05) is 22.5 Å². The van der Waals surface area contributed by atoms with Gasteiger partial charge in [-0.05, 0) is 30.3 Å². The first kappa shape index (κ1) is 9.03. The first-order valence-electron chi connectivity index (χ1n) is 4.23. The van der Waals surface area contributed by atoms with Crippen molar-refractivity contribution in [3.8, 4) is 11.3 Å². The maximum Gasteiger partial charge on any atom is 0.0703 e. The minimum Gasteiger partial charge on any atom is -0.399 e. The highest BCUT2D eigenvalue weighted by atomic mass is 35.5. The van der Waals surface area contributed by atoms with E-state index >= 15 is 0 Å². The second-order valence-electron chi connectivity index (χ2n) is 2.99. The van der Waals surface area contributed by atoms with Crippen LogP contribution < -0.4 is 5.73 Å². The molecule has 0 radical (unpaired) electrons. The highest BCUT2D eigenvalue weighted by Crippen LogP contribution is 2.23. The van der Waals surface area contributed by atoms with Crippen LogP contribution in [0.3, 0.4) is 0 Å². The fourth-order valence-electron chi connectivity index (χ4n) is 1.29. The van der Waals surface area contributed by atoms with Gasteiger partial charge in [0.1, 0.15) is 0 Å². The van der Waals surface area contributed by atoms with Gasteiger partial charge < -0.3 is 5.73 Å². The minimum absolute atomic E-state index is 0.630. The van der Waals surface area contributed by atoms with E-state index in [2.05, 4.69) is 4.98 Å². The molecule has 3 heteroatoms. The summed E-state index contributed by atoms with van der Waals surface area (Å²) >= 11 is 5.89. The summed E-state index contributed by atoms with van der Waals surface area (Å²) in [7, 11) is 0. The molecule has 0 saturated carbocycles. The summed E-state index contributed by atoms with van der Waals surface area (Å²) in [6.45, 7) is 0. The largest absolute Gasteiger partial charge is 0.399 e. The van der Waals surface area contributed by atoms with Crippen LogP contribution in [0.15, 0.2) is 42.6 Å². The van der Waals surface area contributed by atoms with E-state index in [0.717, 1.165) is 11.3 Å². The Bertz CT molecular complexity index is 420. The molecule has 0 fully saturated rings. The first-order chi connectivity index (χ1) is 6.75. The number of nitrogens with two attached hydrogens (primary N) is 1. The van der Waals surface area contributed by atoms with Crippen molar-refractivity contribution in [1.82, 2.24) is 4.98 Å². The molecule has 2 N–H and O–H groups in total. The van der Waals surface area contributed by atoms with E-state index in [9.17, 15) is 0 Å². The van der Waals surface area contributed by atoms with Gasteiger partial charge in [0.2, 0.25) is 0 Å². The van der Waals surface area contributed by atoms with Crippen molar-refractivity contribution in [2.24, 2.45) is 0 Å². The summed E-state index contributed by atoms with van der Waals surface area (Å²) in [5, 5.41) is 0.630. The second kappa shape index (κ2) is 3.68. The lowest BCUT2D eigenvalue weighted by atomic mass is 10.1. The fraction of sp³-hybridized carbons (Fsp3) is 0. The Labute approximate surface area is 87.4 Å². The molecule has 0 aliphatic carbocycles. The molecule has 0 saturated heterocycles.